The van der Waals surface area contributed by atoms with E-state index < -0.39 is 5.97 Å². The number of phenols is 1. The molecule has 0 aliphatic heterocycles. The fraction of sp³-hybridized carbons (Fsp3) is 0.560. The molecule has 0 unspecified atom stereocenters. The predicted octanol–water partition coefficient (Wildman–Crippen LogP) is 11.7. The first-order chi connectivity index (χ1) is 28.2. The highest BCUT2D eigenvalue weighted by Crippen LogP contribution is 2.44. The summed E-state index contributed by atoms with van der Waals surface area (Å²) in [5, 5.41) is 10.1. The Morgan fingerprint density at radius 1 is 0.500 bits per heavy atom. The fourth-order valence-electron chi connectivity index (χ4n) is 10.7. The molecule has 4 aliphatic carbocycles. The Morgan fingerprint density at radius 3 is 1.36 bits per heavy atom. The van der Waals surface area contributed by atoms with Crippen molar-refractivity contribution in [1.29, 1.82) is 0 Å². The van der Waals surface area contributed by atoms with Gasteiger partial charge < -0.3 is 19.3 Å². The van der Waals surface area contributed by atoms with Gasteiger partial charge in [-0.2, -0.15) is 0 Å². The van der Waals surface area contributed by atoms with Crippen molar-refractivity contribution in [2.45, 2.75) is 129 Å². The van der Waals surface area contributed by atoms with E-state index in [9.17, 15) is 24.3 Å². The maximum Gasteiger partial charge on any atom is 0.343 e. The number of rotatable bonds is 12. The van der Waals surface area contributed by atoms with Crippen LogP contribution in [0.15, 0.2) is 66.7 Å². The highest BCUT2D eigenvalue weighted by molar-refractivity contribution is 6.10. The minimum Gasteiger partial charge on any atom is -0.507 e. The lowest BCUT2D eigenvalue weighted by atomic mass is 9.69. The highest BCUT2D eigenvalue weighted by atomic mass is 16.6. The van der Waals surface area contributed by atoms with Crippen molar-refractivity contribution in [2.24, 2.45) is 47.3 Å². The molecule has 4 fully saturated rings. The van der Waals surface area contributed by atoms with Gasteiger partial charge in [0.25, 0.3) is 0 Å². The van der Waals surface area contributed by atoms with Crippen LogP contribution in [0.3, 0.4) is 0 Å². The van der Waals surface area contributed by atoms with E-state index in [0.717, 1.165) is 75.0 Å². The van der Waals surface area contributed by atoms with E-state index in [1.807, 2.05) is 0 Å². The van der Waals surface area contributed by atoms with Crippen molar-refractivity contribution < 1.29 is 38.5 Å². The van der Waals surface area contributed by atoms with Gasteiger partial charge in [-0.25, -0.2) is 4.79 Å². The van der Waals surface area contributed by atoms with Crippen LogP contribution >= 0.6 is 0 Å². The molecule has 0 atom stereocenters. The van der Waals surface area contributed by atoms with Gasteiger partial charge in [-0.1, -0.05) is 64.5 Å². The molecule has 0 heterocycles. The molecule has 0 amide bonds. The van der Waals surface area contributed by atoms with Crippen LogP contribution < -0.4 is 14.2 Å². The van der Waals surface area contributed by atoms with Crippen LogP contribution in [0.2, 0.25) is 0 Å². The Balaban J connectivity index is 1.01. The van der Waals surface area contributed by atoms with E-state index in [1.165, 1.54) is 113 Å². The smallest absolute Gasteiger partial charge is 0.343 e. The fourth-order valence-corrected chi connectivity index (χ4v) is 10.7. The standard InChI is InChI=1S/C50H62O8/c1-3-32-9-13-34(14-10-32)36-17-21-39(22-18-36)48(53)57-43-29-41(50(55)56-42-27-25-38(26-28-42)47(52)45-7-5-6-8-46(45)51)30-44(31-43)58-49(54)40-23-19-37(20-24-40)35-15-11-33(4-2)12-16-35/h5-8,25-37,39-40,51H,3-4,9-24H2,1-2H3. The van der Waals surface area contributed by atoms with E-state index >= 15 is 0 Å². The number of carbonyl (C=O) groups is 4. The second-order valence-electron chi connectivity index (χ2n) is 17.9. The van der Waals surface area contributed by atoms with E-state index in [2.05, 4.69) is 13.8 Å². The summed E-state index contributed by atoms with van der Waals surface area (Å²) in [5.74, 6) is 2.71. The number of hydrogen-bond donors (Lipinski definition) is 1. The van der Waals surface area contributed by atoms with E-state index in [-0.39, 0.29) is 63.7 Å². The number of ether oxygens (including phenoxy) is 3. The Labute approximate surface area is 344 Å². The zero-order chi connectivity index (χ0) is 40.6. The second-order valence-corrected chi connectivity index (χ2v) is 17.9. The first kappa shape index (κ1) is 41.7. The normalized spacial score (nSPS) is 27.6. The Kier molecular flexibility index (Phi) is 14.0. The van der Waals surface area contributed by atoms with E-state index in [0.29, 0.717) is 17.4 Å². The molecule has 8 nitrogen and oxygen atoms in total. The Hall–Kier alpha value is -4.46. The number of hydrogen-bond acceptors (Lipinski definition) is 8. The Morgan fingerprint density at radius 2 is 0.931 bits per heavy atom. The van der Waals surface area contributed by atoms with Gasteiger partial charge >= 0.3 is 17.9 Å². The first-order valence-electron chi connectivity index (χ1n) is 22.4. The van der Waals surface area contributed by atoms with Gasteiger partial charge in [0, 0.05) is 11.6 Å². The third kappa shape index (κ3) is 10.4. The maximum atomic E-state index is 13.6. The van der Waals surface area contributed by atoms with Crippen LogP contribution in [0.4, 0.5) is 0 Å². The average molecular weight is 791 g/mol. The number of aromatic hydroxyl groups is 1. The third-order valence-corrected chi connectivity index (χ3v) is 14.5. The summed E-state index contributed by atoms with van der Waals surface area (Å²) < 4.78 is 17.6. The quantitative estimate of drug-likeness (QED) is 0.109. The topological polar surface area (TPSA) is 116 Å². The molecule has 58 heavy (non-hydrogen) atoms. The number of phenolic OH excluding ortho intramolecular Hbond substituents is 1. The molecule has 0 spiro atoms. The molecule has 0 aromatic heterocycles. The molecule has 0 saturated heterocycles. The first-order valence-corrected chi connectivity index (χ1v) is 22.4. The highest BCUT2D eigenvalue weighted by Gasteiger charge is 2.35. The van der Waals surface area contributed by atoms with Crippen molar-refractivity contribution in [3.63, 3.8) is 0 Å². The van der Waals surface area contributed by atoms with Crippen LogP contribution in [0.5, 0.6) is 23.0 Å². The lowest BCUT2D eigenvalue weighted by molar-refractivity contribution is -0.140. The molecule has 4 saturated carbocycles. The molecule has 1 N–H and O–H groups in total. The summed E-state index contributed by atoms with van der Waals surface area (Å²) in [6, 6.07) is 16.8. The number of para-hydroxylation sites is 1. The van der Waals surface area contributed by atoms with Crippen LogP contribution in [-0.4, -0.2) is 28.8 Å². The van der Waals surface area contributed by atoms with Crippen LogP contribution in [-0.2, 0) is 9.59 Å². The summed E-state index contributed by atoms with van der Waals surface area (Å²) in [6.45, 7) is 4.59. The molecule has 0 radical (unpaired) electrons. The second kappa shape index (κ2) is 19.5. The number of esters is 3. The van der Waals surface area contributed by atoms with Crippen molar-refractivity contribution in [2.75, 3.05) is 0 Å². The SMILES string of the molecule is CCC1CCC(C2CCC(C(=O)Oc3cc(OC(=O)C4CCC(C5CCC(CC)CC5)CC4)cc(C(=O)Oc4ccc(C(=O)c5ccccc5O)cc4)c3)CC2)CC1. The molecular formula is C50H62O8. The van der Waals surface area contributed by atoms with Crippen molar-refractivity contribution >= 4 is 23.7 Å². The van der Waals surface area contributed by atoms with E-state index in [1.54, 1.807) is 18.2 Å². The van der Waals surface area contributed by atoms with Gasteiger partial charge in [-0.15, -0.1) is 0 Å². The monoisotopic (exact) mass is 790 g/mol. The number of benzene rings is 3. The zero-order valence-corrected chi connectivity index (χ0v) is 34.5. The van der Waals surface area contributed by atoms with Gasteiger partial charge in [0.2, 0.25) is 0 Å². The molecule has 8 heteroatoms. The van der Waals surface area contributed by atoms with Gasteiger partial charge in [-0.05, 0) is 161 Å². The van der Waals surface area contributed by atoms with Gasteiger partial charge in [0.05, 0.1) is 23.0 Å². The summed E-state index contributed by atoms with van der Waals surface area (Å²) >= 11 is 0. The Bertz CT molecular complexity index is 1790. The average Bonchev–Trinajstić information content (AvgIpc) is 3.26. The van der Waals surface area contributed by atoms with Crippen molar-refractivity contribution in [3.8, 4) is 23.0 Å². The molecule has 4 aliphatic rings. The summed E-state index contributed by atoms with van der Waals surface area (Å²) in [7, 11) is 0. The number of ketones is 1. The lowest BCUT2D eigenvalue weighted by Gasteiger charge is -2.37. The van der Waals surface area contributed by atoms with Crippen LogP contribution in [0.1, 0.15) is 156 Å². The summed E-state index contributed by atoms with van der Waals surface area (Å²) in [5.41, 5.74) is 0.561. The molecule has 3 aromatic carbocycles. The minimum atomic E-state index is -0.730. The third-order valence-electron chi connectivity index (χ3n) is 14.5. The zero-order valence-electron chi connectivity index (χ0n) is 34.5. The predicted molar refractivity (Wildman–Crippen MR) is 223 cm³/mol. The molecular weight excluding hydrogens is 729 g/mol. The van der Waals surface area contributed by atoms with Gasteiger partial charge in [0.1, 0.15) is 23.0 Å². The van der Waals surface area contributed by atoms with Gasteiger partial charge in [-0.3, -0.25) is 14.4 Å². The van der Waals surface area contributed by atoms with Crippen molar-refractivity contribution in [1.82, 2.24) is 0 Å². The van der Waals surface area contributed by atoms with E-state index in [4.69, 9.17) is 14.2 Å². The molecule has 310 valence electrons. The minimum absolute atomic E-state index is 0.0697. The molecule has 7 rings (SSSR count). The van der Waals surface area contributed by atoms with Crippen LogP contribution in [0, 0.1) is 47.3 Å². The molecule has 3 aromatic rings. The largest absolute Gasteiger partial charge is 0.507 e. The van der Waals surface area contributed by atoms with Gasteiger partial charge in [0.15, 0.2) is 5.78 Å². The lowest BCUT2D eigenvalue weighted by Crippen LogP contribution is -2.30. The van der Waals surface area contributed by atoms with Crippen molar-refractivity contribution in [3.05, 3.63) is 83.4 Å². The summed E-state index contributed by atoms with van der Waals surface area (Å²) in [6.07, 6.45) is 20.2. The summed E-state index contributed by atoms with van der Waals surface area (Å²) in [4.78, 5) is 53.8. The number of carbonyl (C=O) groups excluding carboxylic acids is 4. The van der Waals surface area contributed by atoms with Crippen LogP contribution in [0.25, 0.3) is 0 Å². The maximum absolute atomic E-state index is 13.6. The molecule has 0 bridgehead atoms.